The first kappa shape index (κ1) is 26.6. The summed E-state index contributed by atoms with van der Waals surface area (Å²) >= 11 is 0. The number of nitrogens with one attached hydrogen (secondary N) is 3. The number of alkyl halides is 3. The number of aromatic nitrogens is 1. The van der Waals surface area contributed by atoms with Crippen molar-refractivity contribution in [2.24, 2.45) is 0 Å². The molecule has 4 rings (SSSR count). The molecule has 0 aliphatic heterocycles. The lowest BCUT2D eigenvalue weighted by atomic mass is 10.0. The SMILES string of the molecule is N#CC1(NC(=O)C(CS(=O)(=O)CCc2c[nH]c3ccccc23)N[C@H](c2ccc(F)cc2)C(F)(F)F)CC1. The fourth-order valence-electron chi connectivity index (χ4n) is 4.09. The summed E-state index contributed by atoms with van der Waals surface area (Å²) in [5.41, 5.74) is -0.0697. The van der Waals surface area contributed by atoms with Gasteiger partial charge in [0, 0.05) is 17.1 Å². The van der Waals surface area contributed by atoms with Gasteiger partial charge in [0.1, 0.15) is 23.4 Å². The quantitative estimate of drug-likeness (QED) is 0.342. The van der Waals surface area contributed by atoms with E-state index in [0.717, 1.165) is 35.2 Å². The van der Waals surface area contributed by atoms with Crippen molar-refractivity contribution >= 4 is 26.6 Å². The Hall–Kier alpha value is -3.43. The van der Waals surface area contributed by atoms with Crippen LogP contribution in [0.2, 0.25) is 0 Å². The molecule has 1 fully saturated rings. The van der Waals surface area contributed by atoms with Gasteiger partial charge in [0.05, 0.1) is 17.6 Å². The molecule has 3 aromatic rings. The van der Waals surface area contributed by atoms with Crippen molar-refractivity contribution in [2.75, 3.05) is 11.5 Å². The number of amides is 1. The average molecular weight is 537 g/mol. The normalized spacial score (nSPS) is 16.6. The minimum Gasteiger partial charge on any atom is -0.361 e. The molecule has 1 unspecified atom stereocenters. The van der Waals surface area contributed by atoms with Crippen LogP contribution in [0.25, 0.3) is 10.9 Å². The molecule has 0 radical (unpaired) electrons. The highest BCUT2D eigenvalue weighted by atomic mass is 32.2. The van der Waals surface area contributed by atoms with Crippen LogP contribution in [0, 0.1) is 17.1 Å². The Morgan fingerprint density at radius 1 is 1.14 bits per heavy atom. The zero-order valence-electron chi connectivity index (χ0n) is 19.5. The van der Waals surface area contributed by atoms with Crippen molar-refractivity contribution in [1.82, 2.24) is 15.6 Å². The Morgan fingerprint density at radius 2 is 1.81 bits per heavy atom. The van der Waals surface area contributed by atoms with E-state index in [0.29, 0.717) is 18.4 Å². The number of nitriles is 1. The summed E-state index contributed by atoms with van der Waals surface area (Å²) in [4.78, 5) is 16.0. The lowest BCUT2D eigenvalue weighted by Crippen LogP contribution is -2.54. The summed E-state index contributed by atoms with van der Waals surface area (Å²) in [7, 11) is -4.04. The predicted octanol–water partition coefficient (Wildman–Crippen LogP) is 3.70. The molecular weight excluding hydrogens is 512 g/mol. The number of hydrogen-bond donors (Lipinski definition) is 3. The summed E-state index contributed by atoms with van der Waals surface area (Å²) in [6.07, 6.45) is -2.54. The molecule has 1 aromatic heterocycles. The maximum absolute atomic E-state index is 14.0. The molecule has 1 aliphatic rings. The first-order chi connectivity index (χ1) is 17.4. The van der Waals surface area contributed by atoms with Crippen LogP contribution in [0.3, 0.4) is 0 Å². The van der Waals surface area contributed by atoms with Crippen molar-refractivity contribution < 1.29 is 30.8 Å². The smallest absolute Gasteiger partial charge is 0.361 e. The minimum absolute atomic E-state index is 0.0868. The van der Waals surface area contributed by atoms with Crippen LogP contribution in [0.1, 0.15) is 30.0 Å². The molecule has 1 aliphatic carbocycles. The molecule has 7 nitrogen and oxygen atoms in total. The second kappa shape index (κ2) is 10.1. The molecule has 3 N–H and O–H groups in total. The molecule has 1 amide bonds. The van der Waals surface area contributed by atoms with Gasteiger partial charge in [-0.3, -0.25) is 10.1 Å². The zero-order chi connectivity index (χ0) is 26.8. The van der Waals surface area contributed by atoms with Gasteiger partial charge in [-0.1, -0.05) is 30.3 Å². The number of para-hydroxylation sites is 1. The highest BCUT2D eigenvalue weighted by Crippen LogP contribution is 2.36. The Bertz CT molecular complexity index is 1420. The number of aromatic amines is 1. The Labute approximate surface area is 210 Å². The van der Waals surface area contributed by atoms with Crippen LogP contribution in [0.4, 0.5) is 17.6 Å². The van der Waals surface area contributed by atoms with Gasteiger partial charge in [-0.05, 0) is 48.6 Å². The summed E-state index contributed by atoms with van der Waals surface area (Å²) in [5, 5.41) is 14.6. The Morgan fingerprint density at radius 3 is 2.43 bits per heavy atom. The Balaban J connectivity index is 1.56. The molecular formula is C25H24F4N4O3S. The number of benzene rings is 2. The minimum atomic E-state index is -4.92. The first-order valence-corrected chi connectivity index (χ1v) is 13.3. The number of carbonyl (C=O) groups is 1. The second-order valence-corrected chi connectivity index (χ2v) is 11.4. The largest absolute Gasteiger partial charge is 0.407 e. The highest BCUT2D eigenvalue weighted by Gasteiger charge is 2.48. The number of H-pyrrole nitrogens is 1. The van der Waals surface area contributed by atoms with Gasteiger partial charge in [-0.2, -0.15) is 18.4 Å². The standard InChI is InChI=1S/C25H24F4N4O3S/c26-18-7-5-16(6-8-18)22(25(27,28)29)32-21(23(34)33-24(15-30)10-11-24)14-37(35,36)12-9-17-13-31-20-4-2-1-3-19(17)20/h1-8,13,21-22,31-32H,9-12,14H2,(H,33,34)/t21?,22-/m1/s1. The van der Waals surface area contributed by atoms with Gasteiger partial charge in [0.2, 0.25) is 5.91 Å². The highest BCUT2D eigenvalue weighted by molar-refractivity contribution is 7.91. The van der Waals surface area contributed by atoms with E-state index in [1.165, 1.54) is 0 Å². The summed E-state index contributed by atoms with van der Waals surface area (Å²) in [6.45, 7) is 0. The van der Waals surface area contributed by atoms with E-state index < -0.39 is 56.9 Å². The van der Waals surface area contributed by atoms with E-state index in [2.05, 4.69) is 15.6 Å². The maximum atomic E-state index is 14.0. The monoisotopic (exact) mass is 536 g/mol. The van der Waals surface area contributed by atoms with Crippen LogP contribution in [0.15, 0.2) is 54.7 Å². The predicted molar refractivity (Wildman–Crippen MR) is 128 cm³/mol. The lowest BCUT2D eigenvalue weighted by molar-refractivity contribution is -0.160. The molecule has 1 saturated carbocycles. The summed E-state index contributed by atoms with van der Waals surface area (Å²) in [5.74, 6) is -3.09. The van der Waals surface area contributed by atoms with Crippen LogP contribution in [-0.2, 0) is 21.1 Å². The molecule has 0 spiro atoms. The molecule has 2 atom stereocenters. The fourth-order valence-corrected chi connectivity index (χ4v) is 5.54. The van der Waals surface area contributed by atoms with Crippen molar-refractivity contribution in [3.8, 4) is 6.07 Å². The van der Waals surface area contributed by atoms with Crippen LogP contribution in [0.5, 0.6) is 0 Å². The van der Waals surface area contributed by atoms with E-state index in [9.17, 15) is 36.0 Å². The molecule has 2 aromatic carbocycles. The first-order valence-electron chi connectivity index (χ1n) is 11.5. The van der Waals surface area contributed by atoms with Gasteiger partial charge in [-0.25, -0.2) is 12.8 Å². The number of aryl methyl sites for hydroxylation is 1. The van der Waals surface area contributed by atoms with E-state index in [1.807, 2.05) is 24.3 Å². The van der Waals surface area contributed by atoms with Gasteiger partial charge < -0.3 is 10.3 Å². The van der Waals surface area contributed by atoms with Gasteiger partial charge in [-0.15, -0.1) is 0 Å². The topological polar surface area (TPSA) is 115 Å². The fraction of sp³-hybridized carbons (Fsp3) is 0.360. The maximum Gasteiger partial charge on any atom is 0.407 e. The van der Waals surface area contributed by atoms with Crippen LogP contribution >= 0.6 is 0 Å². The number of hydrogen-bond acceptors (Lipinski definition) is 5. The molecule has 1 heterocycles. The zero-order valence-corrected chi connectivity index (χ0v) is 20.3. The van der Waals surface area contributed by atoms with Crippen molar-refractivity contribution in [2.45, 2.75) is 43.1 Å². The van der Waals surface area contributed by atoms with Crippen molar-refractivity contribution in [3.05, 3.63) is 71.7 Å². The van der Waals surface area contributed by atoms with Crippen LogP contribution in [-0.4, -0.2) is 48.6 Å². The summed E-state index contributed by atoms with van der Waals surface area (Å²) in [6, 6.07) is 8.44. The van der Waals surface area contributed by atoms with Gasteiger partial charge >= 0.3 is 6.18 Å². The number of sulfone groups is 1. The number of carbonyl (C=O) groups excluding carboxylic acids is 1. The van der Waals surface area contributed by atoms with E-state index in [1.54, 1.807) is 12.3 Å². The number of halogens is 4. The molecule has 37 heavy (non-hydrogen) atoms. The van der Waals surface area contributed by atoms with Gasteiger partial charge in [0.25, 0.3) is 0 Å². The molecule has 0 bridgehead atoms. The van der Waals surface area contributed by atoms with Crippen LogP contribution < -0.4 is 10.6 Å². The van der Waals surface area contributed by atoms with Gasteiger partial charge in [0.15, 0.2) is 9.84 Å². The lowest BCUT2D eigenvalue weighted by Gasteiger charge is -2.28. The second-order valence-electron chi connectivity index (χ2n) is 9.15. The third kappa shape index (κ3) is 6.47. The third-order valence-electron chi connectivity index (χ3n) is 6.32. The molecule has 0 saturated heterocycles. The van der Waals surface area contributed by atoms with E-state index in [4.69, 9.17) is 0 Å². The van der Waals surface area contributed by atoms with Crippen molar-refractivity contribution in [3.63, 3.8) is 0 Å². The number of nitrogens with zero attached hydrogens (tertiary/aromatic N) is 1. The average Bonchev–Trinajstić information content (AvgIpc) is 3.49. The molecule has 196 valence electrons. The number of fused-ring (bicyclic) bond motifs is 1. The van der Waals surface area contributed by atoms with E-state index >= 15 is 0 Å². The summed E-state index contributed by atoms with van der Waals surface area (Å²) < 4.78 is 81.2. The number of rotatable bonds is 10. The van der Waals surface area contributed by atoms with Crippen molar-refractivity contribution in [1.29, 1.82) is 5.26 Å². The Kier molecular flexibility index (Phi) is 7.30. The van der Waals surface area contributed by atoms with E-state index in [-0.39, 0.29) is 12.0 Å². The third-order valence-corrected chi connectivity index (χ3v) is 7.99. The molecule has 12 heteroatoms.